The first-order chi connectivity index (χ1) is 5.46. The van der Waals surface area contributed by atoms with Crippen LogP contribution in [0.3, 0.4) is 0 Å². The molecule has 0 aliphatic rings. The molecule has 0 aromatic heterocycles. The van der Waals surface area contributed by atoms with Crippen LogP contribution >= 0.6 is 55.1 Å². The zero-order valence-corrected chi connectivity index (χ0v) is 13.4. The second kappa shape index (κ2) is 11.3. The van der Waals surface area contributed by atoms with Crippen LogP contribution in [0.15, 0.2) is 0 Å². The van der Waals surface area contributed by atoms with E-state index in [1.165, 1.54) is 0 Å². The van der Waals surface area contributed by atoms with Crippen molar-refractivity contribution >= 4 is 55.1 Å². The van der Waals surface area contributed by atoms with Crippen molar-refractivity contribution in [3.63, 3.8) is 0 Å². The van der Waals surface area contributed by atoms with E-state index in [4.69, 9.17) is 12.3 Å². The average molecular weight is 463 g/mol. The Morgan fingerprint density at radius 3 is 0.769 bits per heavy atom. The van der Waals surface area contributed by atoms with Crippen LogP contribution in [-0.2, 0) is 12.3 Å². The molecule has 84 valence electrons. The molecule has 0 radical (unpaired) electrons. The van der Waals surface area contributed by atoms with Crippen molar-refractivity contribution in [2.45, 2.75) is 0 Å². The zero-order valence-electron chi connectivity index (χ0n) is 7.59. The lowest BCUT2D eigenvalue weighted by Crippen LogP contribution is -2.27. The lowest BCUT2D eigenvalue weighted by atomic mass is 10.8. The van der Waals surface area contributed by atoms with E-state index >= 15 is 0 Å². The summed E-state index contributed by atoms with van der Waals surface area (Å²) in [7, 11) is 17.1. The van der Waals surface area contributed by atoms with Crippen LogP contribution in [0.2, 0.25) is 0 Å². The van der Waals surface area contributed by atoms with Gasteiger partial charge >= 0.3 is 37.3 Å². The molecule has 0 rings (SSSR count). The minimum absolute atomic E-state index is 1.00. The third-order valence-electron chi connectivity index (χ3n) is 0. The zero-order chi connectivity index (χ0) is 11.7. The summed E-state index contributed by atoms with van der Waals surface area (Å²) in [5.41, 5.74) is 0. The van der Waals surface area contributed by atoms with Gasteiger partial charge in [-0.25, -0.2) is 12.3 Å². The Morgan fingerprint density at radius 2 is 0.769 bits per heavy atom. The van der Waals surface area contributed by atoms with E-state index in [2.05, 4.69) is 46.0 Å². The smallest absolute Gasteiger partial charge is 0.333 e. The van der Waals surface area contributed by atoms with Gasteiger partial charge in [-0.2, -0.15) is 0 Å². The summed E-state index contributed by atoms with van der Waals surface area (Å²) in [5, 5.41) is 0. The molecule has 0 atom stereocenters. The molecule has 13 heavy (non-hydrogen) atoms. The van der Waals surface area contributed by atoms with Gasteiger partial charge in [-0.1, -0.05) is 0 Å². The van der Waals surface area contributed by atoms with Crippen molar-refractivity contribution in [1.82, 2.24) is 0 Å². The number of halogens is 4. The van der Waals surface area contributed by atoms with Gasteiger partial charge in [0.25, 0.3) is 0 Å². The normalized spacial score (nSPS) is 9.85. The van der Waals surface area contributed by atoms with E-state index in [9.17, 15) is 0 Å². The van der Waals surface area contributed by atoms with Gasteiger partial charge in [-0.15, -0.1) is 0 Å². The largest absolute Gasteiger partial charge is 0.409 e. The van der Waals surface area contributed by atoms with Gasteiger partial charge in [0, 0.05) is 17.8 Å². The average Bonchev–Trinajstić information content (AvgIpc) is 1.50. The lowest BCUT2D eigenvalue weighted by molar-refractivity contribution is -0.849. The molecule has 5 nitrogen and oxygen atoms in total. The first kappa shape index (κ1) is 19.7. The Kier molecular flexibility index (Phi) is 17.1. The van der Waals surface area contributed by atoms with E-state index in [1.54, 1.807) is 0 Å². The van der Waals surface area contributed by atoms with Crippen molar-refractivity contribution in [2.24, 2.45) is 0 Å². The molecular weight excluding hydrogens is 451 g/mol. The molecule has 0 N–H and O–H groups in total. The van der Waals surface area contributed by atoms with Crippen molar-refractivity contribution in [1.29, 1.82) is 0 Å². The van der Waals surface area contributed by atoms with Crippen LogP contribution in [0.25, 0.3) is 0 Å². The Bertz CT molecular complexity index is 201. The standard InChI is InChI=1S/C4H12N.2ClIO2/c1-5(2,3)4;2*1-2(3)4/h1-4H3;;/q+1;;. The third kappa shape index (κ3) is 1150. The summed E-state index contributed by atoms with van der Waals surface area (Å²) in [6.07, 6.45) is 0. The van der Waals surface area contributed by atoms with E-state index in [-0.39, 0.29) is 0 Å². The minimum atomic E-state index is -3.29. The Hall–Kier alpha value is 1.20. The molecule has 9 heteroatoms. The number of rotatable bonds is 0. The quantitative estimate of drug-likeness (QED) is 0.410. The molecule has 0 saturated heterocycles. The van der Waals surface area contributed by atoms with Crippen LogP contribution in [0.1, 0.15) is 0 Å². The highest BCUT2D eigenvalue weighted by molar-refractivity contribution is 14.2. The van der Waals surface area contributed by atoms with E-state index < -0.39 is 37.3 Å². The lowest BCUT2D eigenvalue weighted by Gasteiger charge is -2.14. The SMILES string of the molecule is C[N+](C)(C)C.O=I(=O)Cl.O=I(=O)Cl. The first-order valence-electron chi connectivity index (χ1n) is 2.69. The molecule has 0 aliphatic carbocycles. The fourth-order valence-corrected chi connectivity index (χ4v) is 0. The summed E-state index contributed by atoms with van der Waals surface area (Å²) in [4.78, 5) is 0. The summed E-state index contributed by atoms with van der Waals surface area (Å²) >= 11 is -6.58. The molecule has 0 aromatic carbocycles. The molecule has 0 spiro atoms. The predicted molar refractivity (Wildman–Crippen MR) is 66.4 cm³/mol. The van der Waals surface area contributed by atoms with Crippen molar-refractivity contribution < 1.29 is 16.8 Å². The van der Waals surface area contributed by atoms with Crippen molar-refractivity contribution in [3.05, 3.63) is 0 Å². The van der Waals surface area contributed by atoms with Crippen LogP contribution < -0.4 is 0 Å². The van der Waals surface area contributed by atoms with Crippen LogP contribution in [0, 0.1) is 0 Å². The predicted octanol–water partition coefficient (Wildman–Crippen LogP) is 3.00. The number of hydrogen-bond acceptors (Lipinski definition) is 4. The van der Waals surface area contributed by atoms with Gasteiger partial charge in [0.1, 0.15) is 0 Å². The van der Waals surface area contributed by atoms with Crippen LogP contribution in [0.5, 0.6) is 0 Å². The highest BCUT2D eigenvalue weighted by Crippen LogP contribution is 2.07. The van der Waals surface area contributed by atoms with Gasteiger partial charge in [0.05, 0.1) is 28.2 Å². The Balaban J connectivity index is -0.000000117. The van der Waals surface area contributed by atoms with Gasteiger partial charge in [-0.3, -0.25) is 0 Å². The van der Waals surface area contributed by atoms with E-state index in [0.717, 1.165) is 4.48 Å². The summed E-state index contributed by atoms with van der Waals surface area (Å²) in [5.74, 6) is 0. The van der Waals surface area contributed by atoms with E-state index in [0.29, 0.717) is 0 Å². The topological polar surface area (TPSA) is 68.3 Å². The molecule has 0 aromatic rings. The summed E-state index contributed by atoms with van der Waals surface area (Å²) in [6.45, 7) is 0. The maximum absolute atomic E-state index is 8.89. The Morgan fingerprint density at radius 1 is 0.769 bits per heavy atom. The molecule has 0 aliphatic heterocycles. The molecule has 0 bridgehead atoms. The van der Waals surface area contributed by atoms with Crippen molar-refractivity contribution in [2.75, 3.05) is 28.2 Å². The number of nitrogens with zero attached hydrogens (tertiary/aromatic N) is 1. The molecule has 0 saturated carbocycles. The fourth-order valence-electron chi connectivity index (χ4n) is 0. The molecular formula is C4H12Cl2I2NO4+. The molecule has 0 amide bonds. The number of hydrogen-bond donors (Lipinski definition) is 0. The minimum Gasteiger partial charge on any atom is -0.333 e. The second-order valence-corrected chi connectivity index (χ2v) is 8.22. The number of quaternary nitrogens is 1. The second-order valence-electron chi connectivity index (χ2n) is 3.04. The highest BCUT2D eigenvalue weighted by atomic mass is 127. The van der Waals surface area contributed by atoms with Gasteiger partial charge in [-0.05, 0) is 0 Å². The van der Waals surface area contributed by atoms with Crippen LogP contribution in [-0.4, -0.2) is 32.7 Å². The van der Waals surface area contributed by atoms with E-state index in [1.807, 2.05) is 0 Å². The summed E-state index contributed by atoms with van der Waals surface area (Å²) in [6, 6.07) is 0. The van der Waals surface area contributed by atoms with Crippen LogP contribution in [0.4, 0.5) is 0 Å². The van der Waals surface area contributed by atoms with Gasteiger partial charge < -0.3 is 4.48 Å². The third-order valence-corrected chi connectivity index (χ3v) is 0. The van der Waals surface area contributed by atoms with Gasteiger partial charge in [0.15, 0.2) is 0 Å². The maximum atomic E-state index is 8.89. The fraction of sp³-hybridized carbons (Fsp3) is 1.00. The van der Waals surface area contributed by atoms with Crippen molar-refractivity contribution in [3.8, 4) is 0 Å². The molecule has 0 heterocycles. The molecule has 0 fully saturated rings. The maximum Gasteiger partial charge on any atom is 0.409 e. The summed E-state index contributed by atoms with van der Waals surface area (Å²) < 4.78 is 36.6. The van der Waals surface area contributed by atoms with Gasteiger partial charge in [0.2, 0.25) is 0 Å². The Labute approximate surface area is 99.1 Å². The highest BCUT2D eigenvalue weighted by Gasteiger charge is 1.88. The molecule has 0 unspecified atom stereocenters. The first-order valence-corrected chi connectivity index (χ1v) is 11.7. The monoisotopic (exact) mass is 462 g/mol.